The molecule has 5 heteroatoms. The minimum atomic E-state index is 0. The molecule has 0 aliphatic carbocycles. The molecule has 0 aliphatic heterocycles. The van der Waals surface area contributed by atoms with E-state index in [1.807, 2.05) is 13.1 Å². The summed E-state index contributed by atoms with van der Waals surface area (Å²) in [5.74, 6) is 0.790. The number of hydrogen-bond donors (Lipinski definition) is 1. The van der Waals surface area contributed by atoms with Crippen molar-refractivity contribution in [3.05, 3.63) is 33.8 Å². The third-order valence-corrected chi connectivity index (χ3v) is 2.39. The standard InChI is InChI=1S/C9H10Cl2N2.ClH/c1-12-9(13-2)6-3-4-7(10)8(11)5-6;/h3-5H,1-2H3,(H,12,13);1H. The maximum atomic E-state index is 5.86. The molecule has 0 aliphatic rings. The van der Waals surface area contributed by atoms with Gasteiger partial charge in [-0.25, -0.2) is 0 Å². The lowest BCUT2D eigenvalue weighted by atomic mass is 10.2. The van der Waals surface area contributed by atoms with Crippen molar-refractivity contribution in [2.24, 2.45) is 4.99 Å². The van der Waals surface area contributed by atoms with Gasteiger partial charge in [0, 0.05) is 19.7 Å². The van der Waals surface area contributed by atoms with Gasteiger partial charge in [-0.2, -0.15) is 0 Å². The van der Waals surface area contributed by atoms with Crippen molar-refractivity contribution >= 4 is 41.4 Å². The van der Waals surface area contributed by atoms with Crippen molar-refractivity contribution in [3.8, 4) is 0 Å². The summed E-state index contributed by atoms with van der Waals surface area (Å²) < 4.78 is 0. The summed E-state index contributed by atoms with van der Waals surface area (Å²) in [6.45, 7) is 0. The Kier molecular flexibility index (Phi) is 5.93. The topological polar surface area (TPSA) is 24.4 Å². The Morgan fingerprint density at radius 2 is 1.93 bits per heavy atom. The Labute approximate surface area is 99.7 Å². The van der Waals surface area contributed by atoms with Crippen LogP contribution in [0.2, 0.25) is 10.0 Å². The third-order valence-electron chi connectivity index (χ3n) is 1.65. The highest BCUT2D eigenvalue weighted by atomic mass is 35.5. The molecule has 0 saturated heterocycles. The molecule has 1 rings (SSSR count). The first-order valence-electron chi connectivity index (χ1n) is 3.79. The lowest BCUT2D eigenvalue weighted by molar-refractivity contribution is 1.15. The van der Waals surface area contributed by atoms with Crippen LogP contribution in [-0.4, -0.2) is 19.9 Å². The quantitative estimate of drug-likeness (QED) is 0.604. The molecule has 0 spiro atoms. The van der Waals surface area contributed by atoms with Crippen LogP contribution in [0.4, 0.5) is 0 Å². The normalized spacial score (nSPS) is 10.7. The zero-order valence-electron chi connectivity index (χ0n) is 7.84. The van der Waals surface area contributed by atoms with Gasteiger partial charge < -0.3 is 5.32 Å². The number of rotatable bonds is 1. The number of amidine groups is 1. The molecule has 78 valence electrons. The summed E-state index contributed by atoms with van der Waals surface area (Å²) in [7, 11) is 3.53. The number of hydrogen-bond acceptors (Lipinski definition) is 1. The van der Waals surface area contributed by atoms with E-state index in [2.05, 4.69) is 10.3 Å². The average Bonchev–Trinajstić information content (AvgIpc) is 2.13. The van der Waals surface area contributed by atoms with Crippen molar-refractivity contribution in [2.75, 3.05) is 14.1 Å². The van der Waals surface area contributed by atoms with Crippen LogP contribution in [0, 0.1) is 0 Å². The van der Waals surface area contributed by atoms with Gasteiger partial charge in [-0.3, -0.25) is 4.99 Å². The molecule has 14 heavy (non-hydrogen) atoms. The van der Waals surface area contributed by atoms with Crippen molar-refractivity contribution in [1.82, 2.24) is 5.32 Å². The maximum absolute atomic E-state index is 5.86. The van der Waals surface area contributed by atoms with Crippen LogP contribution in [0.3, 0.4) is 0 Å². The molecular formula is C9H11Cl3N2. The summed E-state index contributed by atoms with van der Waals surface area (Å²) in [6, 6.07) is 5.40. The highest BCUT2D eigenvalue weighted by Crippen LogP contribution is 2.22. The SMILES string of the molecule is CN=C(NC)c1ccc(Cl)c(Cl)c1.Cl. The largest absolute Gasteiger partial charge is 0.373 e. The van der Waals surface area contributed by atoms with Crippen molar-refractivity contribution in [2.45, 2.75) is 0 Å². The fourth-order valence-electron chi connectivity index (χ4n) is 1.03. The van der Waals surface area contributed by atoms with Crippen LogP contribution in [0.15, 0.2) is 23.2 Å². The van der Waals surface area contributed by atoms with E-state index in [0.29, 0.717) is 10.0 Å². The Morgan fingerprint density at radius 1 is 1.29 bits per heavy atom. The zero-order chi connectivity index (χ0) is 9.84. The fraction of sp³-hybridized carbons (Fsp3) is 0.222. The fourth-order valence-corrected chi connectivity index (χ4v) is 1.33. The molecule has 0 saturated carbocycles. The second kappa shape index (κ2) is 6.12. The number of halogens is 3. The van der Waals surface area contributed by atoms with Crippen LogP contribution >= 0.6 is 35.6 Å². The minimum Gasteiger partial charge on any atom is -0.373 e. The molecular weight excluding hydrogens is 242 g/mol. The van der Waals surface area contributed by atoms with Gasteiger partial charge in [0.25, 0.3) is 0 Å². The molecule has 0 amide bonds. The monoisotopic (exact) mass is 252 g/mol. The van der Waals surface area contributed by atoms with Crippen LogP contribution in [0.25, 0.3) is 0 Å². The van der Waals surface area contributed by atoms with Gasteiger partial charge in [0.1, 0.15) is 5.84 Å². The Balaban J connectivity index is 0.00000169. The molecule has 0 atom stereocenters. The second-order valence-corrected chi connectivity index (χ2v) is 3.27. The van der Waals surface area contributed by atoms with Crippen LogP contribution in [0.5, 0.6) is 0 Å². The van der Waals surface area contributed by atoms with E-state index in [-0.39, 0.29) is 12.4 Å². The number of nitrogens with zero attached hydrogens (tertiary/aromatic N) is 1. The van der Waals surface area contributed by atoms with E-state index in [1.54, 1.807) is 19.2 Å². The van der Waals surface area contributed by atoms with E-state index >= 15 is 0 Å². The van der Waals surface area contributed by atoms with E-state index in [9.17, 15) is 0 Å². The smallest absolute Gasteiger partial charge is 0.127 e. The van der Waals surface area contributed by atoms with Crippen molar-refractivity contribution < 1.29 is 0 Å². The van der Waals surface area contributed by atoms with Crippen LogP contribution in [0.1, 0.15) is 5.56 Å². The zero-order valence-corrected chi connectivity index (χ0v) is 10.2. The van der Waals surface area contributed by atoms with Gasteiger partial charge in [-0.1, -0.05) is 23.2 Å². The molecule has 2 nitrogen and oxygen atoms in total. The second-order valence-electron chi connectivity index (χ2n) is 2.45. The van der Waals surface area contributed by atoms with Crippen LogP contribution in [-0.2, 0) is 0 Å². The van der Waals surface area contributed by atoms with Gasteiger partial charge in [-0.15, -0.1) is 12.4 Å². The lowest BCUT2D eigenvalue weighted by Gasteiger charge is -2.05. The van der Waals surface area contributed by atoms with Gasteiger partial charge in [0.2, 0.25) is 0 Å². The highest BCUT2D eigenvalue weighted by Gasteiger charge is 2.03. The molecule has 0 unspecified atom stereocenters. The molecule has 1 aromatic rings. The van der Waals surface area contributed by atoms with E-state index in [4.69, 9.17) is 23.2 Å². The lowest BCUT2D eigenvalue weighted by Crippen LogP contribution is -2.19. The first-order valence-corrected chi connectivity index (χ1v) is 4.54. The number of nitrogens with one attached hydrogen (secondary N) is 1. The Bertz CT molecular complexity index is 337. The predicted molar refractivity (Wildman–Crippen MR) is 65.2 cm³/mol. The first-order chi connectivity index (χ1) is 6.19. The summed E-state index contributed by atoms with van der Waals surface area (Å²) in [4.78, 5) is 4.05. The molecule has 0 heterocycles. The van der Waals surface area contributed by atoms with Gasteiger partial charge >= 0.3 is 0 Å². The maximum Gasteiger partial charge on any atom is 0.127 e. The number of aliphatic imine (C=N–C) groups is 1. The molecule has 0 radical (unpaired) electrons. The third kappa shape index (κ3) is 3.05. The van der Waals surface area contributed by atoms with Gasteiger partial charge in [-0.05, 0) is 18.2 Å². The molecule has 1 aromatic carbocycles. The van der Waals surface area contributed by atoms with Crippen molar-refractivity contribution in [1.29, 1.82) is 0 Å². The summed E-state index contributed by atoms with van der Waals surface area (Å²) >= 11 is 11.6. The molecule has 1 N–H and O–H groups in total. The highest BCUT2D eigenvalue weighted by molar-refractivity contribution is 6.42. The Morgan fingerprint density at radius 3 is 2.36 bits per heavy atom. The van der Waals surface area contributed by atoms with Crippen molar-refractivity contribution in [3.63, 3.8) is 0 Å². The van der Waals surface area contributed by atoms with Crippen LogP contribution < -0.4 is 5.32 Å². The van der Waals surface area contributed by atoms with E-state index < -0.39 is 0 Å². The molecule has 0 bridgehead atoms. The summed E-state index contributed by atoms with van der Waals surface area (Å²) in [5, 5.41) is 4.05. The molecule has 0 fully saturated rings. The first kappa shape index (κ1) is 13.6. The summed E-state index contributed by atoms with van der Waals surface area (Å²) in [5.41, 5.74) is 0.930. The van der Waals surface area contributed by atoms with E-state index in [0.717, 1.165) is 11.4 Å². The number of benzene rings is 1. The Hall–Kier alpha value is -0.440. The predicted octanol–water partition coefficient (Wildman–Crippen LogP) is 3.01. The average molecular weight is 254 g/mol. The minimum absolute atomic E-state index is 0. The van der Waals surface area contributed by atoms with E-state index in [1.165, 1.54) is 0 Å². The van der Waals surface area contributed by atoms with Gasteiger partial charge in [0.05, 0.1) is 10.0 Å². The summed E-state index contributed by atoms with van der Waals surface area (Å²) in [6.07, 6.45) is 0. The van der Waals surface area contributed by atoms with Gasteiger partial charge in [0.15, 0.2) is 0 Å². The molecule has 0 aromatic heterocycles.